The molecule has 1 saturated heterocycles. The summed E-state index contributed by atoms with van der Waals surface area (Å²) in [6, 6.07) is 15.8. The zero-order valence-corrected chi connectivity index (χ0v) is 25.4. The van der Waals surface area contributed by atoms with Crippen molar-refractivity contribution >= 4 is 18.3 Å². The molecule has 6 nitrogen and oxygen atoms in total. The van der Waals surface area contributed by atoms with Gasteiger partial charge in [0.15, 0.2) is 0 Å². The minimum Gasteiger partial charge on any atom is -0.497 e. The summed E-state index contributed by atoms with van der Waals surface area (Å²) in [6.07, 6.45) is 11.7. The number of hydrogen-bond acceptors (Lipinski definition) is 5. The summed E-state index contributed by atoms with van der Waals surface area (Å²) >= 11 is 0. The summed E-state index contributed by atoms with van der Waals surface area (Å²) in [4.78, 5) is 15.9. The summed E-state index contributed by atoms with van der Waals surface area (Å²) in [7, 11) is 3.33. The van der Waals surface area contributed by atoms with Crippen LogP contribution in [0.2, 0.25) is 0 Å². The van der Waals surface area contributed by atoms with Gasteiger partial charge in [-0.1, -0.05) is 43.5 Å². The van der Waals surface area contributed by atoms with Crippen LogP contribution >= 0.6 is 12.4 Å². The normalized spacial score (nSPS) is 16.5. The molecule has 2 aromatic carbocycles. The Balaban J connectivity index is 0.00000441. The molecule has 1 heterocycles. The Labute approximate surface area is 248 Å². The van der Waals surface area contributed by atoms with E-state index in [0.29, 0.717) is 5.92 Å². The highest BCUT2D eigenvalue weighted by Gasteiger charge is 2.30. The number of nitrogens with one attached hydrogen (secondary N) is 2. The zero-order chi connectivity index (χ0) is 27.3. The number of methoxy groups -OCH3 is 2. The lowest BCUT2D eigenvalue weighted by atomic mass is 9.88. The number of hydrogen-bond donors (Lipinski definition) is 2. The molecular formula is C33H50ClN3O3. The maximum atomic E-state index is 13.8. The van der Waals surface area contributed by atoms with Crippen molar-refractivity contribution in [1.29, 1.82) is 0 Å². The second kappa shape index (κ2) is 17.5. The van der Waals surface area contributed by atoms with Gasteiger partial charge in [0.05, 0.1) is 20.1 Å². The Bertz CT molecular complexity index is 924. The first kappa shape index (κ1) is 32.2. The minimum absolute atomic E-state index is 0. The molecule has 0 unspecified atom stereocenters. The Morgan fingerprint density at radius 1 is 0.750 bits per heavy atom. The molecular weight excluding hydrogens is 522 g/mol. The quantitative estimate of drug-likeness (QED) is 0.271. The van der Waals surface area contributed by atoms with Crippen LogP contribution < -0.4 is 20.1 Å². The maximum Gasteiger partial charge on any atom is 0.234 e. The number of likely N-dealkylation sites (tertiary alicyclic amines) is 1. The van der Waals surface area contributed by atoms with Gasteiger partial charge in [0, 0.05) is 13.1 Å². The molecule has 0 spiro atoms. The molecule has 0 radical (unpaired) electrons. The third-order valence-electron chi connectivity index (χ3n) is 8.62. The molecule has 0 bridgehead atoms. The summed E-state index contributed by atoms with van der Waals surface area (Å²) in [6.45, 7) is 6.13. The van der Waals surface area contributed by atoms with Crippen molar-refractivity contribution in [2.75, 3.05) is 53.5 Å². The lowest BCUT2D eigenvalue weighted by Crippen LogP contribution is -2.43. The average Bonchev–Trinajstić information content (AvgIpc) is 3.00. The first-order valence-corrected chi connectivity index (χ1v) is 15.2. The predicted octanol–water partition coefficient (Wildman–Crippen LogP) is 6.04. The van der Waals surface area contributed by atoms with E-state index in [0.717, 1.165) is 74.1 Å². The summed E-state index contributed by atoms with van der Waals surface area (Å²) in [5.41, 5.74) is 1.98. The van der Waals surface area contributed by atoms with Gasteiger partial charge in [0.2, 0.25) is 5.91 Å². The molecule has 40 heavy (non-hydrogen) atoms. The van der Waals surface area contributed by atoms with Crippen LogP contribution in [0.3, 0.4) is 0 Å². The monoisotopic (exact) mass is 571 g/mol. The van der Waals surface area contributed by atoms with Crippen LogP contribution in [-0.2, 0) is 4.79 Å². The number of ether oxygens (including phenoxy) is 2. The van der Waals surface area contributed by atoms with Gasteiger partial charge in [0.1, 0.15) is 11.5 Å². The van der Waals surface area contributed by atoms with E-state index in [4.69, 9.17) is 9.47 Å². The third kappa shape index (κ3) is 9.67. The van der Waals surface area contributed by atoms with Crippen molar-refractivity contribution in [2.24, 2.45) is 11.8 Å². The Morgan fingerprint density at radius 3 is 1.65 bits per heavy atom. The first-order valence-electron chi connectivity index (χ1n) is 15.2. The molecule has 1 saturated carbocycles. The number of halogens is 1. The molecule has 2 fully saturated rings. The lowest BCUT2D eigenvalue weighted by Gasteiger charge is -2.34. The molecule has 7 heteroatoms. The SMILES string of the molecule is COc1ccc(C(C(=O)N2CCC(CNCCCCNCC3CCCCC3)CC2)c2ccc(OC)cc2)cc1.Cl. The van der Waals surface area contributed by atoms with E-state index in [1.54, 1.807) is 14.2 Å². The van der Waals surface area contributed by atoms with Gasteiger partial charge in [0.25, 0.3) is 0 Å². The number of benzene rings is 2. The van der Waals surface area contributed by atoms with Crippen molar-refractivity contribution in [3.8, 4) is 11.5 Å². The molecule has 2 aliphatic rings. The first-order chi connectivity index (χ1) is 19.2. The van der Waals surface area contributed by atoms with E-state index < -0.39 is 0 Å². The summed E-state index contributed by atoms with van der Waals surface area (Å²) in [5, 5.41) is 7.36. The molecule has 0 atom stereocenters. The van der Waals surface area contributed by atoms with E-state index in [9.17, 15) is 4.79 Å². The highest BCUT2D eigenvalue weighted by Crippen LogP contribution is 2.31. The topological polar surface area (TPSA) is 62.8 Å². The fraction of sp³-hybridized carbons (Fsp3) is 0.606. The van der Waals surface area contributed by atoms with Crippen LogP contribution in [0.25, 0.3) is 0 Å². The Kier molecular flexibility index (Phi) is 14.1. The second-order valence-electron chi connectivity index (χ2n) is 11.4. The molecule has 1 aliphatic heterocycles. The largest absolute Gasteiger partial charge is 0.497 e. The van der Waals surface area contributed by atoms with Crippen molar-refractivity contribution in [1.82, 2.24) is 15.5 Å². The minimum atomic E-state index is -0.330. The van der Waals surface area contributed by atoms with Gasteiger partial charge < -0.3 is 25.0 Å². The highest BCUT2D eigenvalue weighted by molar-refractivity contribution is 5.87. The van der Waals surface area contributed by atoms with Crippen LogP contribution in [0.1, 0.15) is 74.8 Å². The van der Waals surface area contributed by atoms with Gasteiger partial charge in [-0.05, 0) is 112 Å². The second-order valence-corrected chi connectivity index (χ2v) is 11.4. The number of carbonyl (C=O) groups excluding carboxylic acids is 1. The van der Waals surface area contributed by atoms with E-state index in [1.165, 1.54) is 51.5 Å². The van der Waals surface area contributed by atoms with Crippen molar-refractivity contribution < 1.29 is 14.3 Å². The average molecular weight is 572 g/mol. The van der Waals surface area contributed by atoms with Gasteiger partial charge in [-0.3, -0.25) is 4.79 Å². The lowest BCUT2D eigenvalue weighted by molar-refractivity contribution is -0.133. The van der Waals surface area contributed by atoms with Gasteiger partial charge in [-0.15, -0.1) is 12.4 Å². The van der Waals surface area contributed by atoms with Gasteiger partial charge in [-0.2, -0.15) is 0 Å². The van der Waals surface area contributed by atoms with Crippen LogP contribution in [0.15, 0.2) is 48.5 Å². The van der Waals surface area contributed by atoms with Crippen molar-refractivity contribution in [3.05, 3.63) is 59.7 Å². The Morgan fingerprint density at radius 2 is 1.20 bits per heavy atom. The number of carbonyl (C=O) groups is 1. The number of nitrogens with zero attached hydrogens (tertiary/aromatic N) is 1. The fourth-order valence-electron chi connectivity index (χ4n) is 6.11. The van der Waals surface area contributed by atoms with Crippen LogP contribution in [0, 0.1) is 11.8 Å². The van der Waals surface area contributed by atoms with E-state index >= 15 is 0 Å². The van der Waals surface area contributed by atoms with Crippen molar-refractivity contribution in [2.45, 2.75) is 63.7 Å². The smallest absolute Gasteiger partial charge is 0.234 e. The summed E-state index contributed by atoms with van der Waals surface area (Å²) in [5.74, 6) is 2.99. The molecule has 2 N–H and O–H groups in total. The van der Waals surface area contributed by atoms with E-state index in [1.807, 2.05) is 48.5 Å². The summed E-state index contributed by atoms with van der Waals surface area (Å²) < 4.78 is 10.7. The maximum absolute atomic E-state index is 13.8. The number of piperidine rings is 1. The van der Waals surface area contributed by atoms with Gasteiger partial charge >= 0.3 is 0 Å². The molecule has 1 amide bonds. The Hall–Kier alpha value is -2.28. The van der Waals surface area contributed by atoms with Crippen LogP contribution in [0.4, 0.5) is 0 Å². The fourth-order valence-corrected chi connectivity index (χ4v) is 6.11. The standard InChI is InChI=1S/C33H49N3O3.ClH/c1-38-30-14-10-28(11-15-30)32(29-12-16-31(39-2)17-13-29)33(37)36-22-18-27(19-23-36)25-35-21-7-6-20-34-24-26-8-4-3-5-9-26;/h10-17,26-27,32,34-35H,3-9,18-25H2,1-2H3;1H. The highest BCUT2D eigenvalue weighted by atomic mass is 35.5. The molecule has 222 valence electrons. The van der Waals surface area contributed by atoms with E-state index in [2.05, 4.69) is 15.5 Å². The number of amides is 1. The molecule has 4 rings (SSSR count). The molecule has 0 aromatic heterocycles. The number of rotatable bonds is 14. The van der Waals surface area contributed by atoms with E-state index in [-0.39, 0.29) is 24.2 Å². The molecule has 2 aromatic rings. The molecule has 1 aliphatic carbocycles. The van der Waals surface area contributed by atoms with Crippen molar-refractivity contribution in [3.63, 3.8) is 0 Å². The predicted molar refractivity (Wildman–Crippen MR) is 166 cm³/mol. The number of unbranched alkanes of at least 4 members (excludes halogenated alkanes) is 1. The zero-order valence-electron chi connectivity index (χ0n) is 24.5. The third-order valence-corrected chi connectivity index (χ3v) is 8.62. The van der Waals surface area contributed by atoms with Crippen LogP contribution in [0.5, 0.6) is 11.5 Å². The van der Waals surface area contributed by atoms with Gasteiger partial charge in [-0.25, -0.2) is 0 Å². The van der Waals surface area contributed by atoms with Crippen LogP contribution in [-0.4, -0.2) is 64.3 Å².